The predicted molar refractivity (Wildman–Crippen MR) is 84.0 cm³/mol. The lowest BCUT2D eigenvalue weighted by Gasteiger charge is -2.43. The van der Waals surface area contributed by atoms with E-state index in [1.54, 1.807) is 12.1 Å². The lowest BCUT2D eigenvalue weighted by molar-refractivity contribution is -0.0750. The van der Waals surface area contributed by atoms with E-state index in [-0.39, 0.29) is 11.7 Å². The van der Waals surface area contributed by atoms with Crippen molar-refractivity contribution in [1.29, 1.82) is 0 Å². The summed E-state index contributed by atoms with van der Waals surface area (Å²) in [6, 6.07) is 3.25. The van der Waals surface area contributed by atoms with Gasteiger partial charge in [0.05, 0.1) is 35.1 Å². The maximum atomic E-state index is 12.0. The number of morpholine rings is 1. The quantitative estimate of drug-likeness (QED) is 0.672. The summed E-state index contributed by atoms with van der Waals surface area (Å²) in [5.41, 5.74) is 6.94. The zero-order valence-electron chi connectivity index (χ0n) is 12.8. The lowest BCUT2D eigenvalue weighted by Crippen LogP contribution is -2.52. The van der Waals surface area contributed by atoms with Gasteiger partial charge in [-0.1, -0.05) is 11.6 Å². The van der Waals surface area contributed by atoms with Crippen LogP contribution < -0.4 is 10.6 Å². The van der Waals surface area contributed by atoms with Gasteiger partial charge in [-0.15, -0.1) is 0 Å². The topological polar surface area (TPSA) is 64.8 Å². The maximum absolute atomic E-state index is 12.0. The molecule has 1 aromatic rings. The third-order valence-electron chi connectivity index (χ3n) is 3.38. The highest BCUT2D eigenvalue weighted by Crippen LogP contribution is 2.36. The molecule has 1 saturated heterocycles. The van der Waals surface area contributed by atoms with Crippen molar-refractivity contribution in [3.63, 3.8) is 0 Å². The van der Waals surface area contributed by atoms with Crippen LogP contribution in [0.4, 0.5) is 11.4 Å². The Morgan fingerprint density at radius 2 is 2.19 bits per heavy atom. The van der Waals surface area contributed by atoms with E-state index >= 15 is 0 Å². The number of nitrogens with zero attached hydrogens (tertiary/aromatic N) is 1. The Kier molecular flexibility index (Phi) is 4.35. The number of halogens is 1. The zero-order valence-corrected chi connectivity index (χ0v) is 13.5. The van der Waals surface area contributed by atoms with Crippen molar-refractivity contribution < 1.29 is 14.3 Å². The molecule has 1 aromatic carbocycles. The lowest BCUT2D eigenvalue weighted by atomic mass is 10.0. The van der Waals surface area contributed by atoms with Crippen molar-refractivity contribution in [3.05, 3.63) is 22.7 Å². The molecule has 0 radical (unpaired) electrons. The summed E-state index contributed by atoms with van der Waals surface area (Å²) >= 11 is 6.34. The SMILES string of the molecule is COC(=O)c1cc(N)cc(Cl)c1N1CC(C)OC(C)(C)C1. The first kappa shape index (κ1) is 15.9. The Labute approximate surface area is 130 Å². The number of ether oxygens (including phenoxy) is 2. The first-order valence-corrected chi connectivity index (χ1v) is 7.21. The fraction of sp³-hybridized carbons (Fsp3) is 0.533. The van der Waals surface area contributed by atoms with Gasteiger partial charge in [0.2, 0.25) is 0 Å². The molecule has 1 heterocycles. The third-order valence-corrected chi connectivity index (χ3v) is 3.66. The van der Waals surface area contributed by atoms with Crippen molar-refractivity contribution in [1.82, 2.24) is 0 Å². The van der Waals surface area contributed by atoms with Crippen LogP contribution >= 0.6 is 11.6 Å². The summed E-state index contributed by atoms with van der Waals surface area (Å²) in [7, 11) is 1.34. The summed E-state index contributed by atoms with van der Waals surface area (Å²) in [5, 5.41) is 0.445. The van der Waals surface area contributed by atoms with Crippen molar-refractivity contribution >= 4 is 28.9 Å². The second-order valence-corrected chi connectivity index (χ2v) is 6.37. The number of benzene rings is 1. The van der Waals surface area contributed by atoms with Crippen LogP contribution in [0.2, 0.25) is 5.02 Å². The smallest absolute Gasteiger partial charge is 0.340 e. The van der Waals surface area contributed by atoms with Crippen LogP contribution in [0.1, 0.15) is 31.1 Å². The molecular formula is C15H21ClN2O3. The number of carbonyl (C=O) groups excluding carboxylic acids is 1. The van der Waals surface area contributed by atoms with Gasteiger partial charge < -0.3 is 20.1 Å². The summed E-state index contributed by atoms with van der Waals surface area (Å²) in [6.45, 7) is 7.30. The highest BCUT2D eigenvalue weighted by molar-refractivity contribution is 6.34. The Morgan fingerprint density at radius 3 is 2.76 bits per heavy atom. The summed E-state index contributed by atoms with van der Waals surface area (Å²) in [4.78, 5) is 14.1. The third kappa shape index (κ3) is 3.41. The number of carbonyl (C=O) groups is 1. The van der Waals surface area contributed by atoms with Gasteiger partial charge in [0, 0.05) is 18.8 Å². The first-order valence-electron chi connectivity index (χ1n) is 6.83. The number of nitrogen functional groups attached to an aromatic ring is 1. The van der Waals surface area contributed by atoms with Crippen LogP contribution in [0.3, 0.4) is 0 Å². The molecule has 1 aliphatic heterocycles. The molecular weight excluding hydrogens is 292 g/mol. The van der Waals surface area contributed by atoms with Crippen LogP contribution in [0.25, 0.3) is 0 Å². The van der Waals surface area contributed by atoms with E-state index in [4.69, 9.17) is 26.8 Å². The molecule has 1 unspecified atom stereocenters. The molecule has 1 fully saturated rings. The minimum absolute atomic E-state index is 0.0351. The van der Waals surface area contributed by atoms with Gasteiger partial charge in [-0.2, -0.15) is 0 Å². The highest BCUT2D eigenvalue weighted by atomic mass is 35.5. The minimum Gasteiger partial charge on any atom is -0.465 e. The molecule has 0 aliphatic carbocycles. The van der Waals surface area contributed by atoms with Crippen LogP contribution in [0.5, 0.6) is 0 Å². The summed E-state index contributed by atoms with van der Waals surface area (Å²) < 4.78 is 10.7. The molecule has 0 aromatic heterocycles. The molecule has 21 heavy (non-hydrogen) atoms. The first-order chi connectivity index (χ1) is 9.73. The van der Waals surface area contributed by atoms with Crippen molar-refractivity contribution in [2.75, 3.05) is 30.8 Å². The maximum Gasteiger partial charge on any atom is 0.340 e. The normalized spacial score (nSPS) is 21.2. The predicted octanol–water partition coefficient (Wildman–Crippen LogP) is 2.71. The van der Waals surface area contributed by atoms with E-state index in [1.807, 2.05) is 20.8 Å². The van der Waals surface area contributed by atoms with Gasteiger partial charge in [0.25, 0.3) is 0 Å². The van der Waals surface area contributed by atoms with Crippen molar-refractivity contribution in [2.24, 2.45) is 0 Å². The molecule has 0 bridgehead atoms. The Hall–Kier alpha value is -1.46. The molecule has 0 spiro atoms. The molecule has 1 atom stereocenters. The second-order valence-electron chi connectivity index (χ2n) is 5.96. The van der Waals surface area contributed by atoms with E-state index in [9.17, 15) is 4.79 Å². The van der Waals surface area contributed by atoms with Crippen molar-refractivity contribution in [2.45, 2.75) is 32.5 Å². The molecule has 5 nitrogen and oxygen atoms in total. The van der Waals surface area contributed by atoms with Gasteiger partial charge in [0.15, 0.2) is 0 Å². The summed E-state index contributed by atoms with van der Waals surface area (Å²) in [5.74, 6) is -0.448. The van der Waals surface area contributed by atoms with Gasteiger partial charge >= 0.3 is 5.97 Å². The molecule has 1 aliphatic rings. The van der Waals surface area contributed by atoms with Gasteiger partial charge in [-0.3, -0.25) is 0 Å². The number of nitrogens with two attached hydrogens (primary N) is 1. The largest absolute Gasteiger partial charge is 0.465 e. The Balaban J connectivity index is 2.49. The number of esters is 1. The number of rotatable bonds is 2. The average molecular weight is 313 g/mol. The molecule has 2 rings (SSSR count). The van der Waals surface area contributed by atoms with Crippen LogP contribution in [0, 0.1) is 0 Å². The van der Waals surface area contributed by atoms with E-state index in [0.29, 0.717) is 35.1 Å². The molecule has 6 heteroatoms. The zero-order chi connectivity index (χ0) is 15.8. The van der Waals surface area contributed by atoms with Crippen LogP contribution in [-0.2, 0) is 9.47 Å². The fourth-order valence-electron chi connectivity index (χ4n) is 2.83. The summed E-state index contributed by atoms with van der Waals surface area (Å²) in [6.07, 6.45) is 0.0351. The number of methoxy groups -OCH3 is 1. The van der Waals surface area contributed by atoms with E-state index < -0.39 is 5.97 Å². The molecule has 0 saturated carbocycles. The van der Waals surface area contributed by atoms with E-state index in [0.717, 1.165) is 0 Å². The second kappa shape index (κ2) is 5.73. The monoisotopic (exact) mass is 312 g/mol. The van der Waals surface area contributed by atoms with Gasteiger partial charge in [-0.25, -0.2) is 4.79 Å². The van der Waals surface area contributed by atoms with Gasteiger partial charge in [0.1, 0.15) is 0 Å². The Bertz CT molecular complexity index is 560. The standard InChI is InChI=1S/C15H21ClN2O3/c1-9-7-18(8-15(2,3)21-9)13-11(14(19)20-4)5-10(17)6-12(13)16/h5-6,9H,7-8,17H2,1-4H3. The van der Waals surface area contributed by atoms with Crippen LogP contribution in [-0.4, -0.2) is 37.9 Å². The minimum atomic E-state index is -0.448. The average Bonchev–Trinajstić information content (AvgIpc) is 2.34. The Morgan fingerprint density at radius 1 is 1.52 bits per heavy atom. The molecule has 0 amide bonds. The van der Waals surface area contributed by atoms with Crippen LogP contribution in [0.15, 0.2) is 12.1 Å². The molecule has 116 valence electrons. The fourth-order valence-corrected chi connectivity index (χ4v) is 3.18. The van der Waals surface area contributed by atoms with E-state index in [1.165, 1.54) is 7.11 Å². The number of hydrogen-bond acceptors (Lipinski definition) is 5. The number of anilines is 2. The van der Waals surface area contributed by atoms with Gasteiger partial charge in [-0.05, 0) is 32.9 Å². The molecule has 2 N–H and O–H groups in total. The number of hydrogen-bond donors (Lipinski definition) is 1. The van der Waals surface area contributed by atoms with Crippen molar-refractivity contribution in [3.8, 4) is 0 Å². The van der Waals surface area contributed by atoms with E-state index in [2.05, 4.69) is 4.90 Å². The highest BCUT2D eigenvalue weighted by Gasteiger charge is 2.34.